The van der Waals surface area contributed by atoms with Gasteiger partial charge in [0.2, 0.25) is 5.91 Å². The Balaban J connectivity index is 1.49. The molecule has 0 aromatic carbocycles. The largest absolute Gasteiger partial charge is 0.363 e. The molecule has 1 unspecified atom stereocenters. The first kappa shape index (κ1) is 12.7. The first-order valence-electron chi connectivity index (χ1n) is 6.74. The zero-order valence-corrected chi connectivity index (χ0v) is 11.1. The summed E-state index contributed by atoms with van der Waals surface area (Å²) in [6.07, 6.45) is 0. The van der Waals surface area contributed by atoms with E-state index >= 15 is 0 Å². The van der Waals surface area contributed by atoms with Gasteiger partial charge in [-0.2, -0.15) is 0 Å². The predicted molar refractivity (Wildman–Crippen MR) is 67.7 cm³/mol. The van der Waals surface area contributed by atoms with Crippen molar-refractivity contribution >= 4 is 11.9 Å². The Labute approximate surface area is 112 Å². The number of piperazine rings is 1. The molecule has 7 heteroatoms. The Kier molecular flexibility index (Phi) is 3.10. The first-order valence-corrected chi connectivity index (χ1v) is 6.74. The van der Waals surface area contributed by atoms with Crippen molar-refractivity contribution in [1.29, 1.82) is 0 Å². The molecule has 0 aromatic heterocycles. The molecule has 106 valence electrons. The standard InChI is InChI=1S/C12H20N4O3/c1-12(7-13-8-12)19-6-10(17)15-2-3-16-9(5-15)4-14-11(16)18/h9,13H,2-8H2,1H3,(H,14,18). The van der Waals surface area contributed by atoms with Crippen LogP contribution in [0.4, 0.5) is 4.79 Å². The van der Waals surface area contributed by atoms with Gasteiger partial charge in [0.25, 0.3) is 0 Å². The van der Waals surface area contributed by atoms with Gasteiger partial charge in [-0.3, -0.25) is 4.79 Å². The van der Waals surface area contributed by atoms with Gasteiger partial charge in [-0.25, -0.2) is 4.79 Å². The van der Waals surface area contributed by atoms with Crippen molar-refractivity contribution in [2.75, 3.05) is 45.9 Å². The van der Waals surface area contributed by atoms with Crippen molar-refractivity contribution in [3.8, 4) is 0 Å². The lowest BCUT2D eigenvalue weighted by molar-refractivity contribution is -0.147. The topological polar surface area (TPSA) is 73.9 Å². The molecule has 0 saturated carbocycles. The summed E-state index contributed by atoms with van der Waals surface area (Å²) >= 11 is 0. The summed E-state index contributed by atoms with van der Waals surface area (Å²) in [6, 6.07) is 0.104. The lowest BCUT2D eigenvalue weighted by Crippen LogP contribution is -2.60. The van der Waals surface area contributed by atoms with Gasteiger partial charge in [0.05, 0.1) is 11.6 Å². The van der Waals surface area contributed by atoms with E-state index in [2.05, 4.69) is 10.6 Å². The molecule has 0 bridgehead atoms. The molecule has 0 spiro atoms. The third-order valence-corrected chi connectivity index (χ3v) is 4.13. The molecule has 3 aliphatic heterocycles. The number of urea groups is 1. The van der Waals surface area contributed by atoms with Crippen LogP contribution in [0.3, 0.4) is 0 Å². The summed E-state index contributed by atoms with van der Waals surface area (Å²) in [5.41, 5.74) is -0.192. The van der Waals surface area contributed by atoms with Crippen LogP contribution in [0.5, 0.6) is 0 Å². The summed E-state index contributed by atoms with van der Waals surface area (Å²) in [5, 5.41) is 5.94. The van der Waals surface area contributed by atoms with Crippen LogP contribution < -0.4 is 10.6 Å². The van der Waals surface area contributed by atoms with Crippen LogP contribution >= 0.6 is 0 Å². The molecule has 3 amide bonds. The van der Waals surface area contributed by atoms with Gasteiger partial charge in [0.15, 0.2) is 0 Å². The Morgan fingerprint density at radius 2 is 2.26 bits per heavy atom. The third-order valence-electron chi connectivity index (χ3n) is 4.13. The summed E-state index contributed by atoms with van der Waals surface area (Å²) in [6.45, 7) is 6.19. The molecule has 3 aliphatic rings. The number of nitrogens with zero attached hydrogens (tertiary/aromatic N) is 2. The van der Waals surface area contributed by atoms with Crippen LogP contribution in [0.2, 0.25) is 0 Å². The number of carbonyl (C=O) groups is 2. The minimum absolute atomic E-state index is 0.0126. The Morgan fingerprint density at radius 1 is 1.47 bits per heavy atom. The average molecular weight is 268 g/mol. The number of hydrogen-bond acceptors (Lipinski definition) is 4. The van der Waals surface area contributed by atoms with Crippen molar-refractivity contribution in [2.45, 2.75) is 18.6 Å². The summed E-state index contributed by atoms with van der Waals surface area (Å²) in [4.78, 5) is 27.2. The normalized spacial score (nSPS) is 28.7. The Hall–Kier alpha value is -1.34. The van der Waals surface area contributed by atoms with Crippen molar-refractivity contribution < 1.29 is 14.3 Å². The second-order valence-corrected chi connectivity index (χ2v) is 5.72. The van der Waals surface area contributed by atoms with E-state index in [-0.39, 0.29) is 30.2 Å². The molecular weight excluding hydrogens is 248 g/mol. The van der Waals surface area contributed by atoms with Crippen LogP contribution in [0.15, 0.2) is 0 Å². The van der Waals surface area contributed by atoms with Gasteiger partial charge in [-0.1, -0.05) is 0 Å². The van der Waals surface area contributed by atoms with E-state index in [1.54, 1.807) is 4.90 Å². The van der Waals surface area contributed by atoms with Gasteiger partial charge < -0.3 is 25.2 Å². The van der Waals surface area contributed by atoms with Gasteiger partial charge >= 0.3 is 6.03 Å². The molecule has 3 heterocycles. The maximum Gasteiger partial charge on any atom is 0.317 e. The molecule has 0 aliphatic carbocycles. The van der Waals surface area contributed by atoms with Crippen LogP contribution in [-0.2, 0) is 9.53 Å². The molecule has 0 aromatic rings. The van der Waals surface area contributed by atoms with E-state index in [9.17, 15) is 9.59 Å². The highest BCUT2D eigenvalue weighted by Gasteiger charge is 2.38. The number of ether oxygens (including phenoxy) is 1. The molecule has 19 heavy (non-hydrogen) atoms. The second-order valence-electron chi connectivity index (χ2n) is 5.72. The number of nitrogens with one attached hydrogen (secondary N) is 2. The zero-order chi connectivity index (χ0) is 13.5. The van der Waals surface area contributed by atoms with E-state index in [1.807, 2.05) is 11.8 Å². The van der Waals surface area contributed by atoms with Crippen LogP contribution in [0.1, 0.15) is 6.92 Å². The molecule has 3 fully saturated rings. The highest BCUT2D eigenvalue weighted by atomic mass is 16.5. The van der Waals surface area contributed by atoms with Crippen molar-refractivity contribution in [3.63, 3.8) is 0 Å². The van der Waals surface area contributed by atoms with E-state index in [1.165, 1.54) is 0 Å². The first-order chi connectivity index (χ1) is 9.07. The smallest absolute Gasteiger partial charge is 0.317 e. The van der Waals surface area contributed by atoms with Gasteiger partial charge in [-0.05, 0) is 6.92 Å². The number of fused-ring (bicyclic) bond motifs is 1. The summed E-state index contributed by atoms with van der Waals surface area (Å²) in [5.74, 6) is 0.0205. The highest BCUT2D eigenvalue weighted by Crippen LogP contribution is 2.17. The van der Waals surface area contributed by atoms with Crippen molar-refractivity contribution in [1.82, 2.24) is 20.4 Å². The lowest BCUT2D eigenvalue weighted by atomic mass is 10.0. The predicted octanol–water partition coefficient (Wildman–Crippen LogP) is -1.40. The second kappa shape index (κ2) is 4.64. The van der Waals surface area contributed by atoms with Crippen LogP contribution in [0, 0.1) is 0 Å². The Morgan fingerprint density at radius 3 is 2.95 bits per heavy atom. The van der Waals surface area contributed by atoms with E-state index in [0.717, 1.165) is 13.1 Å². The molecule has 0 radical (unpaired) electrons. The van der Waals surface area contributed by atoms with E-state index < -0.39 is 0 Å². The van der Waals surface area contributed by atoms with Crippen molar-refractivity contribution in [2.24, 2.45) is 0 Å². The quantitative estimate of drug-likeness (QED) is 0.660. The molecular formula is C12H20N4O3. The third kappa shape index (κ3) is 2.40. The van der Waals surface area contributed by atoms with Crippen molar-refractivity contribution in [3.05, 3.63) is 0 Å². The monoisotopic (exact) mass is 268 g/mol. The van der Waals surface area contributed by atoms with Gasteiger partial charge in [0.1, 0.15) is 6.61 Å². The zero-order valence-electron chi connectivity index (χ0n) is 11.1. The number of carbonyl (C=O) groups excluding carboxylic acids is 2. The minimum atomic E-state index is -0.192. The van der Waals surface area contributed by atoms with Gasteiger partial charge in [0, 0.05) is 39.3 Å². The summed E-state index contributed by atoms with van der Waals surface area (Å²) in [7, 11) is 0. The van der Waals surface area contributed by atoms with E-state index in [0.29, 0.717) is 26.2 Å². The number of hydrogen-bond donors (Lipinski definition) is 2. The maximum atomic E-state index is 12.1. The average Bonchev–Trinajstić information content (AvgIpc) is 2.75. The fourth-order valence-electron chi connectivity index (χ4n) is 2.74. The Bertz CT molecular complexity index is 396. The fourth-order valence-corrected chi connectivity index (χ4v) is 2.74. The van der Waals surface area contributed by atoms with Gasteiger partial charge in [-0.15, -0.1) is 0 Å². The molecule has 7 nitrogen and oxygen atoms in total. The number of rotatable bonds is 3. The summed E-state index contributed by atoms with van der Waals surface area (Å²) < 4.78 is 5.66. The maximum absolute atomic E-state index is 12.1. The number of amides is 3. The fraction of sp³-hybridized carbons (Fsp3) is 0.833. The van der Waals surface area contributed by atoms with Crippen LogP contribution in [0.25, 0.3) is 0 Å². The lowest BCUT2D eigenvalue weighted by Gasteiger charge is -2.40. The highest BCUT2D eigenvalue weighted by molar-refractivity contribution is 5.80. The SMILES string of the molecule is CC1(OCC(=O)N2CCN3C(=O)NCC3C2)CNC1. The molecule has 3 rings (SSSR count). The van der Waals surface area contributed by atoms with Crippen LogP contribution in [-0.4, -0.2) is 79.3 Å². The molecule has 1 atom stereocenters. The van der Waals surface area contributed by atoms with E-state index in [4.69, 9.17) is 4.74 Å². The molecule has 3 saturated heterocycles. The molecule has 2 N–H and O–H groups in total. The minimum Gasteiger partial charge on any atom is -0.363 e.